The van der Waals surface area contributed by atoms with E-state index in [2.05, 4.69) is 15.0 Å². The van der Waals surface area contributed by atoms with Gasteiger partial charge in [0.2, 0.25) is 0 Å². The van der Waals surface area contributed by atoms with Gasteiger partial charge in [0.15, 0.2) is 0 Å². The molecule has 0 fully saturated rings. The average Bonchev–Trinajstić information content (AvgIpc) is 2.64. The third kappa shape index (κ3) is 3.58. The van der Waals surface area contributed by atoms with Crippen LogP contribution in [0, 0.1) is 0 Å². The Kier molecular flexibility index (Phi) is 3.12. The molecule has 0 spiro atoms. The van der Waals surface area contributed by atoms with Crippen LogP contribution < -0.4 is 0 Å². The monoisotopic (exact) mass is 241 g/mol. The maximum absolute atomic E-state index is 12.1. The Bertz CT molecular complexity index is 476. The Hall–Kier alpha value is -1.85. The summed E-state index contributed by atoms with van der Waals surface area (Å²) in [5.74, 6) is -0.0541. The van der Waals surface area contributed by atoms with Crippen LogP contribution in [-0.4, -0.2) is 21.1 Å². The van der Waals surface area contributed by atoms with Crippen LogP contribution in [0.3, 0.4) is 0 Å². The number of halogens is 3. The number of H-pyrrole nitrogens is 1. The van der Waals surface area contributed by atoms with Crippen LogP contribution in [0.25, 0.3) is 0 Å². The van der Waals surface area contributed by atoms with Gasteiger partial charge in [0, 0.05) is 30.7 Å². The predicted molar refractivity (Wildman–Crippen MR) is 55.4 cm³/mol. The molecular formula is C11H10F3N3. The fourth-order valence-electron chi connectivity index (χ4n) is 1.50. The second-order valence-corrected chi connectivity index (χ2v) is 3.68. The molecule has 6 heteroatoms. The molecule has 0 unspecified atom stereocenters. The minimum atomic E-state index is -4.23. The molecule has 17 heavy (non-hydrogen) atoms. The molecule has 0 saturated carbocycles. The highest BCUT2D eigenvalue weighted by Gasteiger charge is 2.29. The van der Waals surface area contributed by atoms with E-state index in [-0.39, 0.29) is 5.82 Å². The summed E-state index contributed by atoms with van der Waals surface area (Å²) in [5, 5.41) is 0. The molecule has 2 rings (SSSR count). The molecule has 0 aliphatic carbocycles. The van der Waals surface area contributed by atoms with Crippen molar-refractivity contribution in [3.05, 3.63) is 47.8 Å². The lowest BCUT2D eigenvalue weighted by Gasteiger charge is -2.02. The number of aromatic nitrogens is 3. The maximum Gasteiger partial charge on any atom is 0.396 e. The Morgan fingerprint density at radius 2 is 1.88 bits per heavy atom. The van der Waals surface area contributed by atoms with Gasteiger partial charge in [-0.2, -0.15) is 13.2 Å². The van der Waals surface area contributed by atoms with Crippen LogP contribution >= 0.6 is 0 Å². The van der Waals surface area contributed by atoms with Gasteiger partial charge in [0.25, 0.3) is 0 Å². The molecule has 0 radical (unpaired) electrons. The molecule has 3 nitrogen and oxygen atoms in total. The number of hydrogen-bond acceptors (Lipinski definition) is 2. The summed E-state index contributed by atoms with van der Waals surface area (Å²) in [6, 6.07) is 3.62. The largest absolute Gasteiger partial charge is 0.396 e. The first kappa shape index (κ1) is 11.6. The van der Waals surface area contributed by atoms with Crippen LogP contribution in [0.15, 0.2) is 30.7 Å². The lowest BCUT2D eigenvalue weighted by atomic mass is 10.2. The van der Waals surface area contributed by atoms with Crippen LogP contribution in [-0.2, 0) is 12.8 Å². The van der Waals surface area contributed by atoms with Crippen molar-refractivity contribution < 1.29 is 13.2 Å². The lowest BCUT2D eigenvalue weighted by Crippen LogP contribution is -2.12. The number of aromatic amines is 1. The van der Waals surface area contributed by atoms with E-state index in [1.165, 1.54) is 6.20 Å². The smallest absolute Gasteiger partial charge is 0.345 e. The first-order valence-electron chi connectivity index (χ1n) is 5.01. The predicted octanol–water partition coefficient (Wildman–Crippen LogP) is 2.50. The second-order valence-electron chi connectivity index (χ2n) is 3.68. The van der Waals surface area contributed by atoms with E-state index in [0.717, 1.165) is 5.56 Å². The fraction of sp³-hybridized carbons (Fsp3) is 0.273. The second kappa shape index (κ2) is 4.57. The topological polar surface area (TPSA) is 41.6 Å². The van der Waals surface area contributed by atoms with Crippen molar-refractivity contribution in [2.45, 2.75) is 19.0 Å². The van der Waals surface area contributed by atoms with Crippen molar-refractivity contribution in [1.29, 1.82) is 0 Å². The van der Waals surface area contributed by atoms with Crippen molar-refractivity contribution in [1.82, 2.24) is 15.0 Å². The molecule has 0 aliphatic heterocycles. The molecule has 0 atom stereocenters. The SMILES string of the molecule is FC(F)(F)Cc1ncc(Cc2ccncc2)[nH]1. The van der Waals surface area contributed by atoms with E-state index in [9.17, 15) is 13.2 Å². The summed E-state index contributed by atoms with van der Waals surface area (Å²) in [7, 11) is 0. The van der Waals surface area contributed by atoms with Crippen LogP contribution in [0.5, 0.6) is 0 Å². The zero-order valence-corrected chi connectivity index (χ0v) is 8.83. The van der Waals surface area contributed by atoms with Gasteiger partial charge in [-0.3, -0.25) is 4.98 Å². The molecular weight excluding hydrogens is 231 g/mol. The van der Waals surface area contributed by atoms with Gasteiger partial charge in [-0.05, 0) is 17.7 Å². The van der Waals surface area contributed by atoms with Crippen LogP contribution in [0.1, 0.15) is 17.1 Å². The highest BCUT2D eigenvalue weighted by Crippen LogP contribution is 2.19. The molecule has 2 aromatic rings. The number of imidazole rings is 1. The summed E-state index contributed by atoms with van der Waals surface area (Å²) in [6.07, 6.45) is -0.0192. The minimum absolute atomic E-state index is 0.0541. The van der Waals surface area contributed by atoms with Gasteiger partial charge < -0.3 is 4.98 Å². The zero-order valence-electron chi connectivity index (χ0n) is 8.83. The summed E-state index contributed by atoms with van der Waals surface area (Å²) in [5.41, 5.74) is 1.64. The minimum Gasteiger partial charge on any atom is -0.345 e. The van der Waals surface area contributed by atoms with Gasteiger partial charge in [0.1, 0.15) is 12.2 Å². The molecule has 0 aliphatic rings. The summed E-state index contributed by atoms with van der Waals surface area (Å²) >= 11 is 0. The Balaban J connectivity index is 2.04. The molecule has 0 saturated heterocycles. The maximum atomic E-state index is 12.1. The number of rotatable bonds is 3. The number of hydrogen-bond donors (Lipinski definition) is 1. The fourth-order valence-corrected chi connectivity index (χ4v) is 1.50. The summed E-state index contributed by atoms with van der Waals surface area (Å²) in [4.78, 5) is 10.2. The molecule has 2 aromatic heterocycles. The van der Waals surface area contributed by atoms with Gasteiger partial charge in [-0.1, -0.05) is 0 Å². The van der Waals surface area contributed by atoms with E-state index in [1.807, 2.05) is 12.1 Å². The quantitative estimate of drug-likeness (QED) is 0.897. The molecule has 0 aromatic carbocycles. The third-order valence-corrected chi connectivity index (χ3v) is 2.19. The highest BCUT2D eigenvalue weighted by atomic mass is 19.4. The molecule has 0 amide bonds. The molecule has 0 bridgehead atoms. The van der Waals surface area contributed by atoms with Crippen LogP contribution in [0.2, 0.25) is 0 Å². The highest BCUT2D eigenvalue weighted by molar-refractivity contribution is 5.18. The first-order valence-corrected chi connectivity index (χ1v) is 5.01. The molecule has 2 heterocycles. The number of alkyl halides is 3. The van der Waals surface area contributed by atoms with Crippen molar-refractivity contribution in [2.75, 3.05) is 0 Å². The Labute approximate surface area is 95.7 Å². The third-order valence-electron chi connectivity index (χ3n) is 2.19. The van der Waals surface area contributed by atoms with Crippen molar-refractivity contribution in [3.63, 3.8) is 0 Å². The van der Waals surface area contributed by atoms with E-state index in [4.69, 9.17) is 0 Å². The first-order chi connectivity index (χ1) is 8.03. The molecule has 1 N–H and O–H groups in total. The lowest BCUT2D eigenvalue weighted by molar-refractivity contribution is -0.128. The van der Waals surface area contributed by atoms with Gasteiger partial charge in [-0.15, -0.1) is 0 Å². The number of nitrogens with one attached hydrogen (secondary N) is 1. The van der Waals surface area contributed by atoms with Crippen molar-refractivity contribution >= 4 is 0 Å². The normalized spacial score (nSPS) is 11.7. The zero-order chi connectivity index (χ0) is 12.3. The summed E-state index contributed by atoms with van der Waals surface area (Å²) < 4.78 is 36.3. The van der Waals surface area contributed by atoms with E-state index >= 15 is 0 Å². The summed E-state index contributed by atoms with van der Waals surface area (Å²) in [6.45, 7) is 0. The molecule has 90 valence electrons. The van der Waals surface area contributed by atoms with Crippen molar-refractivity contribution in [2.24, 2.45) is 0 Å². The number of pyridine rings is 1. The Morgan fingerprint density at radius 1 is 1.18 bits per heavy atom. The van der Waals surface area contributed by atoms with E-state index < -0.39 is 12.6 Å². The average molecular weight is 241 g/mol. The number of nitrogens with zero attached hydrogens (tertiary/aromatic N) is 2. The van der Waals surface area contributed by atoms with E-state index in [1.54, 1.807) is 12.4 Å². The van der Waals surface area contributed by atoms with Crippen molar-refractivity contribution in [3.8, 4) is 0 Å². The Morgan fingerprint density at radius 3 is 2.53 bits per heavy atom. The van der Waals surface area contributed by atoms with E-state index in [0.29, 0.717) is 12.1 Å². The standard InChI is InChI=1S/C11H10F3N3/c12-11(13,14)6-10-16-7-9(17-10)5-8-1-3-15-4-2-8/h1-4,7H,5-6H2,(H,16,17). The van der Waals surface area contributed by atoms with Gasteiger partial charge in [0.05, 0.1) is 0 Å². The van der Waals surface area contributed by atoms with Crippen LogP contribution in [0.4, 0.5) is 13.2 Å². The van der Waals surface area contributed by atoms with Gasteiger partial charge in [-0.25, -0.2) is 4.98 Å². The van der Waals surface area contributed by atoms with Gasteiger partial charge >= 0.3 is 6.18 Å².